The highest BCUT2D eigenvalue weighted by atomic mass is 16.5. The van der Waals surface area contributed by atoms with Crippen LogP contribution in [0.2, 0.25) is 0 Å². The standard InChI is InChI=1S/C18H24N2O/c1-13-8-9-17(14(2)10-13)20(3)18(12-19)15-6-5-7-16(11-15)21-4/h5-11,18H,12,19H2,1-4H3. The predicted molar refractivity (Wildman–Crippen MR) is 89.1 cm³/mol. The van der Waals surface area contributed by atoms with Crippen LogP contribution in [0, 0.1) is 13.8 Å². The van der Waals surface area contributed by atoms with Gasteiger partial charge >= 0.3 is 0 Å². The van der Waals surface area contributed by atoms with Crippen LogP contribution in [0.25, 0.3) is 0 Å². The van der Waals surface area contributed by atoms with Gasteiger partial charge in [0, 0.05) is 19.3 Å². The Hall–Kier alpha value is -2.00. The topological polar surface area (TPSA) is 38.5 Å². The Kier molecular flexibility index (Phi) is 4.86. The van der Waals surface area contributed by atoms with Gasteiger partial charge in [0.2, 0.25) is 0 Å². The second-order valence-corrected chi connectivity index (χ2v) is 5.43. The number of methoxy groups -OCH3 is 1. The zero-order valence-electron chi connectivity index (χ0n) is 13.3. The molecule has 0 radical (unpaired) electrons. The normalized spacial score (nSPS) is 12.0. The molecule has 0 saturated heterocycles. The first kappa shape index (κ1) is 15.4. The summed E-state index contributed by atoms with van der Waals surface area (Å²) in [4.78, 5) is 2.24. The minimum Gasteiger partial charge on any atom is -0.497 e. The summed E-state index contributed by atoms with van der Waals surface area (Å²) in [5, 5.41) is 0. The molecule has 2 aromatic rings. The molecule has 2 aromatic carbocycles. The highest BCUT2D eigenvalue weighted by molar-refractivity contribution is 5.55. The van der Waals surface area contributed by atoms with Crippen molar-refractivity contribution in [2.45, 2.75) is 19.9 Å². The van der Waals surface area contributed by atoms with E-state index in [4.69, 9.17) is 10.5 Å². The monoisotopic (exact) mass is 284 g/mol. The van der Waals surface area contributed by atoms with Gasteiger partial charge in [-0.05, 0) is 43.2 Å². The van der Waals surface area contributed by atoms with E-state index in [1.54, 1.807) is 7.11 Å². The number of anilines is 1. The summed E-state index contributed by atoms with van der Waals surface area (Å²) in [5.74, 6) is 0.861. The van der Waals surface area contributed by atoms with Gasteiger partial charge in [0.05, 0.1) is 13.2 Å². The summed E-state index contributed by atoms with van der Waals surface area (Å²) in [7, 11) is 3.78. The van der Waals surface area contributed by atoms with Crippen LogP contribution in [0.1, 0.15) is 22.7 Å². The summed E-state index contributed by atoms with van der Waals surface area (Å²) in [6.45, 7) is 4.80. The lowest BCUT2D eigenvalue weighted by atomic mass is 10.0. The lowest BCUT2D eigenvalue weighted by Gasteiger charge is -2.31. The molecule has 0 aliphatic rings. The van der Waals surface area contributed by atoms with Crippen molar-refractivity contribution in [1.29, 1.82) is 0 Å². The molecule has 1 unspecified atom stereocenters. The van der Waals surface area contributed by atoms with Crippen molar-refractivity contribution >= 4 is 5.69 Å². The molecule has 0 amide bonds. The molecule has 112 valence electrons. The van der Waals surface area contributed by atoms with Crippen LogP contribution in [0.15, 0.2) is 42.5 Å². The van der Waals surface area contributed by atoms with Gasteiger partial charge in [-0.1, -0.05) is 29.8 Å². The van der Waals surface area contributed by atoms with Crippen LogP contribution in [-0.2, 0) is 0 Å². The quantitative estimate of drug-likeness (QED) is 0.914. The molecule has 2 rings (SSSR count). The number of nitrogens with two attached hydrogens (primary N) is 1. The number of nitrogens with zero attached hydrogens (tertiary/aromatic N) is 1. The van der Waals surface area contributed by atoms with Crippen molar-refractivity contribution in [3.8, 4) is 5.75 Å². The van der Waals surface area contributed by atoms with Gasteiger partial charge in [-0.3, -0.25) is 0 Å². The van der Waals surface area contributed by atoms with Gasteiger partial charge in [0.25, 0.3) is 0 Å². The molecule has 2 N–H and O–H groups in total. The summed E-state index contributed by atoms with van der Waals surface area (Å²) in [5.41, 5.74) is 10.9. The first-order valence-corrected chi connectivity index (χ1v) is 7.21. The average Bonchev–Trinajstić information content (AvgIpc) is 2.48. The molecule has 21 heavy (non-hydrogen) atoms. The summed E-state index contributed by atoms with van der Waals surface area (Å²) < 4.78 is 5.32. The summed E-state index contributed by atoms with van der Waals surface area (Å²) >= 11 is 0. The smallest absolute Gasteiger partial charge is 0.119 e. The third kappa shape index (κ3) is 3.37. The average molecular weight is 284 g/mol. The molecule has 1 atom stereocenters. The minimum absolute atomic E-state index is 0.126. The molecular weight excluding hydrogens is 260 g/mol. The summed E-state index contributed by atoms with van der Waals surface area (Å²) in [6, 6.07) is 14.7. The Labute approximate surface area is 127 Å². The van der Waals surface area contributed by atoms with E-state index in [-0.39, 0.29) is 6.04 Å². The molecule has 3 nitrogen and oxygen atoms in total. The van der Waals surface area contributed by atoms with Crippen LogP contribution >= 0.6 is 0 Å². The van der Waals surface area contributed by atoms with Gasteiger partial charge < -0.3 is 15.4 Å². The number of rotatable bonds is 5. The van der Waals surface area contributed by atoms with E-state index in [9.17, 15) is 0 Å². The predicted octanol–water partition coefficient (Wildman–Crippen LogP) is 3.45. The van der Waals surface area contributed by atoms with E-state index in [0.717, 1.165) is 5.75 Å². The fraction of sp³-hybridized carbons (Fsp3) is 0.333. The van der Waals surface area contributed by atoms with Crippen molar-refractivity contribution in [1.82, 2.24) is 0 Å². The number of hydrogen-bond donors (Lipinski definition) is 1. The van der Waals surface area contributed by atoms with Crippen molar-refractivity contribution in [3.63, 3.8) is 0 Å². The SMILES string of the molecule is COc1cccc(C(CN)N(C)c2ccc(C)cc2C)c1. The van der Waals surface area contributed by atoms with E-state index < -0.39 is 0 Å². The van der Waals surface area contributed by atoms with Crippen LogP contribution in [0.3, 0.4) is 0 Å². The fourth-order valence-corrected chi connectivity index (χ4v) is 2.74. The van der Waals surface area contributed by atoms with E-state index in [2.05, 4.69) is 56.1 Å². The molecule has 0 aliphatic carbocycles. The number of likely N-dealkylation sites (N-methyl/N-ethyl adjacent to an activating group) is 1. The Balaban J connectivity index is 2.35. The van der Waals surface area contributed by atoms with E-state index in [1.165, 1.54) is 22.4 Å². The number of hydrogen-bond acceptors (Lipinski definition) is 3. The number of ether oxygens (including phenoxy) is 1. The molecule has 3 heteroatoms. The third-order valence-electron chi connectivity index (χ3n) is 3.90. The number of benzene rings is 2. The van der Waals surface area contributed by atoms with Gasteiger partial charge in [0.1, 0.15) is 5.75 Å². The van der Waals surface area contributed by atoms with Crippen LogP contribution in [0.5, 0.6) is 5.75 Å². The maximum Gasteiger partial charge on any atom is 0.119 e. The molecule has 0 fully saturated rings. The first-order chi connectivity index (χ1) is 10.1. The first-order valence-electron chi connectivity index (χ1n) is 7.21. The maximum absolute atomic E-state index is 6.03. The van der Waals surface area contributed by atoms with Crippen molar-refractivity contribution in [3.05, 3.63) is 59.2 Å². The lowest BCUT2D eigenvalue weighted by Crippen LogP contribution is -2.30. The fourth-order valence-electron chi connectivity index (χ4n) is 2.74. The lowest BCUT2D eigenvalue weighted by molar-refractivity contribution is 0.413. The molecule has 0 spiro atoms. The van der Waals surface area contributed by atoms with Crippen molar-refractivity contribution < 1.29 is 4.74 Å². The largest absolute Gasteiger partial charge is 0.497 e. The summed E-state index contributed by atoms with van der Waals surface area (Å²) in [6.07, 6.45) is 0. The zero-order valence-corrected chi connectivity index (χ0v) is 13.3. The van der Waals surface area contributed by atoms with Gasteiger partial charge in [-0.2, -0.15) is 0 Å². The Morgan fingerprint density at radius 3 is 2.52 bits per heavy atom. The molecule has 0 heterocycles. The molecular formula is C18H24N2O. The Bertz CT molecular complexity index is 610. The van der Waals surface area contributed by atoms with Crippen molar-refractivity contribution in [2.75, 3.05) is 25.6 Å². The molecule has 0 aromatic heterocycles. The second-order valence-electron chi connectivity index (χ2n) is 5.43. The Morgan fingerprint density at radius 1 is 1.14 bits per heavy atom. The van der Waals surface area contributed by atoms with Crippen LogP contribution < -0.4 is 15.4 Å². The van der Waals surface area contributed by atoms with Gasteiger partial charge in [0.15, 0.2) is 0 Å². The van der Waals surface area contributed by atoms with E-state index in [0.29, 0.717) is 6.54 Å². The maximum atomic E-state index is 6.03. The second kappa shape index (κ2) is 6.64. The van der Waals surface area contributed by atoms with Crippen molar-refractivity contribution in [2.24, 2.45) is 5.73 Å². The van der Waals surface area contributed by atoms with Gasteiger partial charge in [-0.15, -0.1) is 0 Å². The Morgan fingerprint density at radius 2 is 1.90 bits per heavy atom. The molecule has 0 saturated carbocycles. The zero-order chi connectivity index (χ0) is 15.4. The van der Waals surface area contributed by atoms with E-state index >= 15 is 0 Å². The van der Waals surface area contributed by atoms with E-state index in [1.807, 2.05) is 12.1 Å². The highest BCUT2D eigenvalue weighted by Crippen LogP contribution is 2.29. The van der Waals surface area contributed by atoms with Gasteiger partial charge in [-0.25, -0.2) is 0 Å². The molecule has 0 aliphatic heterocycles. The third-order valence-corrected chi connectivity index (χ3v) is 3.90. The molecule has 0 bridgehead atoms. The van der Waals surface area contributed by atoms with Crippen LogP contribution in [-0.4, -0.2) is 20.7 Å². The highest BCUT2D eigenvalue weighted by Gasteiger charge is 2.18. The number of aryl methyl sites for hydroxylation is 2. The minimum atomic E-state index is 0.126. The van der Waals surface area contributed by atoms with Crippen LogP contribution in [0.4, 0.5) is 5.69 Å².